The molecule has 0 fully saturated rings. The zero-order valence-corrected chi connectivity index (χ0v) is 13.3. The lowest BCUT2D eigenvalue weighted by atomic mass is 10.1. The maximum absolute atomic E-state index is 12.0. The lowest BCUT2D eigenvalue weighted by Crippen LogP contribution is -2.09. The van der Waals surface area contributed by atoms with Gasteiger partial charge in [0.15, 0.2) is 11.5 Å². The molecule has 0 heterocycles. The van der Waals surface area contributed by atoms with Gasteiger partial charge in [0.2, 0.25) is 0 Å². The molecule has 1 aliphatic rings. The Hall–Kier alpha value is -1.90. The van der Waals surface area contributed by atoms with Gasteiger partial charge in [-0.05, 0) is 18.4 Å². The highest BCUT2D eigenvalue weighted by molar-refractivity contribution is 6.06. The third-order valence-corrected chi connectivity index (χ3v) is 3.95. The van der Waals surface area contributed by atoms with E-state index in [0.717, 1.165) is 30.4 Å². The molecule has 22 heavy (non-hydrogen) atoms. The molecule has 0 amide bonds. The zero-order valence-electron chi connectivity index (χ0n) is 13.3. The first-order valence-corrected chi connectivity index (χ1v) is 8.24. The fourth-order valence-corrected chi connectivity index (χ4v) is 2.70. The third-order valence-electron chi connectivity index (χ3n) is 3.95. The van der Waals surface area contributed by atoms with E-state index < -0.39 is 0 Å². The molecule has 1 aromatic rings. The average molecular weight is 300 g/mol. The number of hydrogen-bond acceptors (Lipinski definition) is 3. The van der Waals surface area contributed by atoms with Crippen molar-refractivity contribution in [2.45, 2.75) is 58.3 Å². The second kappa shape index (κ2) is 8.52. The minimum absolute atomic E-state index is 0.0572. The molecular weight excluding hydrogens is 276 g/mol. The second-order valence-corrected chi connectivity index (χ2v) is 5.74. The van der Waals surface area contributed by atoms with Crippen LogP contribution in [0.15, 0.2) is 36.1 Å². The van der Waals surface area contributed by atoms with Crippen molar-refractivity contribution in [3.8, 4) is 0 Å². The van der Waals surface area contributed by atoms with E-state index in [9.17, 15) is 9.59 Å². The quantitative estimate of drug-likeness (QED) is 0.518. The van der Waals surface area contributed by atoms with Crippen LogP contribution < -0.4 is 0 Å². The monoisotopic (exact) mass is 300 g/mol. The van der Waals surface area contributed by atoms with Crippen LogP contribution in [-0.4, -0.2) is 11.8 Å². The number of ketones is 1. The van der Waals surface area contributed by atoms with E-state index in [0.29, 0.717) is 19.3 Å². The van der Waals surface area contributed by atoms with E-state index in [1.807, 2.05) is 30.3 Å². The van der Waals surface area contributed by atoms with Crippen molar-refractivity contribution < 1.29 is 14.3 Å². The van der Waals surface area contributed by atoms with E-state index in [1.54, 1.807) is 0 Å². The van der Waals surface area contributed by atoms with Gasteiger partial charge in [0.1, 0.15) is 0 Å². The Morgan fingerprint density at radius 1 is 1.05 bits per heavy atom. The Kier molecular flexibility index (Phi) is 6.38. The topological polar surface area (TPSA) is 43.4 Å². The molecule has 2 rings (SSSR count). The summed E-state index contributed by atoms with van der Waals surface area (Å²) < 4.78 is 5.39. The SMILES string of the molecule is CCCCCCCC(=O)OC1=C(c2ccccc2)CCC1=O. The molecule has 0 saturated carbocycles. The molecule has 3 nitrogen and oxygen atoms in total. The summed E-state index contributed by atoms with van der Waals surface area (Å²) in [6.07, 6.45) is 6.90. The molecule has 0 spiro atoms. The summed E-state index contributed by atoms with van der Waals surface area (Å²) in [4.78, 5) is 23.9. The second-order valence-electron chi connectivity index (χ2n) is 5.74. The molecule has 0 aliphatic heterocycles. The van der Waals surface area contributed by atoms with Crippen molar-refractivity contribution in [2.24, 2.45) is 0 Å². The summed E-state index contributed by atoms with van der Waals surface area (Å²) in [5.74, 6) is -0.0712. The molecule has 3 heteroatoms. The van der Waals surface area contributed by atoms with Crippen LogP contribution in [0.2, 0.25) is 0 Å². The average Bonchev–Trinajstić information content (AvgIpc) is 2.89. The number of ether oxygens (including phenoxy) is 1. The number of Topliss-reactive ketones (excluding diaryl/α,β-unsaturated/α-hetero) is 1. The smallest absolute Gasteiger partial charge is 0.311 e. The van der Waals surface area contributed by atoms with Gasteiger partial charge in [0.25, 0.3) is 0 Å². The highest BCUT2D eigenvalue weighted by Gasteiger charge is 2.27. The fourth-order valence-electron chi connectivity index (χ4n) is 2.70. The van der Waals surface area contributed by atoms with Crippen molar-refractivity contribution in [3.05, 3.63) is 41.7 Å². The summed E-state index contributed by atoms with van der Waals surface area (Å²) in [7, 11) is 0. The van der Waals surface area contributed by atoms with Crippen molar-refractivity contribution in [3.63, 3.8) is 0 Å². The predicted molar refractivity (Wildman–Crippen MR) is 87.1 cm³/mol. The van der Waals surface area contributed by atoms with Crippen LogP contribution >= 0.6 is 0 Å². The number of carbonyl (C=O) groups excluding carboxylic acids is 2. The molecule has 0 atom stereocenters. The number of carbonyl (C=O) groups is 2. The predicted octanol–water partition coefficient (Wildman–Crippen LogP) is 4.66. The largest absolute Gasteiger partial charge is 0.422 e. The third kappa shape index (κ3) is 4.55. The van der Waals surface area contributed by atoms with Gasteiger partial charge in [0, 0.05) is 18.4 Å². The minimum atomic E-state index is -0.282. The molecule has 1 aromatic carbocycles. The molecule has 0 aromatic heterocycles. The number of benzene rings is 1. The summed E-state index contributed by atoms with van der Waals surface area (Å²) in [6.45, 7) is 2.16. The van der Waals surface area contributed by atoms with E-state index in [1.165, 1.54) is 12.8 Å². The van der Waals surface area contributed by atoms with Crippen LogP contribution in [0, 0.1) is 0 Å². The lowest BCUT2D eigenvalue weighted by Gasteiger charge is -2.08. The first-order valence-electron chi connectivity index (χ1n) is 8.24. The Labute approximate surface area is 132 Å². The summed E-state index contributed by atoms with van der Waals surface area (Å²) >= 11 is 0. The summed E-state index contributed by atoms with van der Waals surface area (Å²) in [5, 5.41) is 0. The van der Waals surface area contributed by atoms with Gasteiger partial charge < -0.3 is 4.74 Å². The fraction of sp³-hybridized carbons (Fsp3) is 0.474. The number of unbranched alkanes of at least 4 members (excludes halogenated alkanes) is 4. The van der Waals surface area contributed by atoms with Crippen molar-refractivity contribution in [1.82, 2.24) is 0 Å². The number of hydrogen-bond donors (Lipinski definition) is 0. The molecule has 0 N–H and O–H groups in total. The highest BCUT2D eigenvalue weighted by atomic mass is 16.5. The molecule has 1 aliphatic carbocycles. The number of rotatable bonds is 8. The van der Waals surface area contributed by atoms with Crippen LogP contribution in [0.3, 0.4) is 0 Å². The van der Waals surface area contributed by atoms with Gasteiger partial charge >= 0.3 is 5.97 Å². The molecule has 0 saturated heterocycles. The van der Waals surface area contributed by atoms with Gasteiger partial charge in [-0.1, -0.05) is 62.9 Å². The Bertz CT molecular complexity index is 543. The van der Waals surface area contributed by atoms with E-state index >= 15 is 0 Å². The van der Waals surface area contributed by atoms with Crippen LogP contribution in [0.4, 0.5) is 0 Å². The first kappa shape index (κ1) is 16.5. The van der Waals surface area contributed by atoms with E-state index in [4.69, 9.17) is 4.74 Å². The maximum atomic E-state index is 12.0. The van der Waals surface area contributed by atoms with Gasteiger partial charge in [-0.3, -0.25) is 9.59 Å². The Morgan fingerprint density at radius 3 is 2.50 bits per heavy atom. The van der Waals surface area contributed by atoms with Crippen LogP contribution in [-0.2, 0) is 14.3 Å². The normalized spacial score (nSPS) is 14.5. The standard InChI is InChI=1S/C19H24O3/c1-2-3-4-5-9-12-18(21)22-19-16(13-14-17(19)20)15-10-7-6-8-11-15/h6-8,10-11H,2-5,9,12-14H2,1H3. The highest BCUT2D eigenvalue weighted by Crippen LogP contribution is 2.32. The minimum Gasteiger partial charge on any atom is -0.422 e. The van der Waals surface area contributed by atoms with Gasteiger partial charge in [-0.15, -0.1) is 0 Å². The van der Waals surface area contributed by atoms with E-state index in [-0.39, 0.29) is 17.5 Å². The molecule has 0 unspecified atom stereocenters. The molecule has 0 radical (unpaired) electrons. The molecular formula is C19H24O3. The summed E-state index contributed by atoms with van der Waals surface area (Å²) in [6, 6.07) is 9.69. The van der Waals surface area contributed by atoms with Crippen LogP contribution in [0.25, 0.3) is 5.57 Å². The van der Waals surface area contributed by atoms with Crippen molar-refractivity contribution in [2.75, 3.05) is 0 Å². The molecule has 118 valence electrons. The molecule has 0 bridgehead atoms. The van der Waals surface area contributed by atoms with Crippen molar-refractivity contribution in [1.29, 1.82) is 0 Å². The Balaban J connectivity index is 1.94. The Morgan fingerprint density at radius 2 is 1.77 bits per heavy atom. The van der Waals surface area contributed by atoms with Gasteiger partial charge in [-0.2, -0.15) is 0 Å². The van der Waals surface area contributed by atoms with Crippen LogP contribution in [0.1, 0.15) is 63.9 Å². The number of esters is 1. The van der Waals surface area contributed by atoms with Crippen LogP contribution in [0.5, 0.6) is 0 Å². The maximum Gasteiger partial charge on any atom is 0.311 e. The van der Waals surface area contributed by atoms with Crippen molar-refractivity contribution >= 4 is 17.3 Å². The zero-order chi connectivity index (χ0) is 15.8. The first-order chi connectivity index (χ1) is 10.7. The van der Waals surface area contributed by atoms with Gasteiger partial charge in [-0.25, -0.2) is 0 Å². The van der Waals surface area contributed by atoms with E-state index in [2.05, 4.69) is 6.92 Å². The lowest BCUT2D eigenvalue weighted by molar-refractivity contribution is -0.142. The van der Waals surface area contributed by atoms with Gasteiger partial charge in [0.05, 0.1) is 0 Å². The number of allylic oxidation sites excluding steroid dienone is 2. The summed E-state index contributed by atoms with van der Waals surface area (Å²) in [5.41, 5.74) is 1.84.